The molecule has 0 aromatic carbocycles. The molecule has 0 bridgehead atoms. The maximum absolute atomic E-state index is 6.05. The van der Waals surface area contributed by atoms with E-state index in [4.69, 9.17) is 4.43 Å². The zero-order valence-corrected chi connectivity index (χ0v) is 12.1. The zero-order valence-electron chi connectivity index (χ0n) is 9.55. The van der Waals surface area contributed by atoms with Crippen molar-refractivity contribution in [2.45, 2.75) is 38.5 Å². The molecule has 1 nitrogen and oxygen atoms in total. The number of halogens is 1. The molecule has 1 fully saturated rings. The third kappa shape index (κ3) is 5.55. The third-order valence-electron chi connectivity index (χ3n) is 2.19. The van der Waals surface area contributed by atoms with E-state index in [0.29, 0.717) is 5.92 Å². The Morgan fingerprint density at radius 3 is 2.73 bits per heavy atom. The highest BCUT2D eigenvalue weighted by Gasteiger charge is 2.24. The molecule has 0 spiro atoms. The molecule has 1 unspecified atom stereocenters. The van der Waals surface area contributed by atoms with Crippen molar-refractivity contribution >= 4 is 24.2 Å². The normalized spacial score (nSPS) is 17.8. The molecule has 1 saturated carbocycles. The molecule has 84 valence electrons. The van der Waals surface area contributed by atoms with Gasteiger partial charge in [-0.15, -0.1) is 6.58 Å². The average molecular weight is 287 g/mol. The van der Waals surface area contributed by atoms with Gasteiger partial charge in [-0.2, -0.15) is 0 Å². The smallest absolute Gasteiger partial charge is 0.198 e. The Bertz CT molecular complexity index is 273. The first-order chi connectivity index (χ1) is 7.07. The van der Waals surface area contributed by atoms with Crippen LogP contribution in [0.4, 0.5) is 0 Å². The summed E-state index contributed by atoms with van der Waals surface area (Å²) in [6, 6.07) is 0. The Morgan fingerprint density at radius 2 is 2.27 bits per heavy atom. The Hall–Kier alpha value is -0.0431. The summed E-state index contributed by atoms with van der Waals surface area (Å²) in [5, 5.41) is 0. The fourth-order valence-electron chi connectivity index (χ4n) is 1.14. The zero-order chi connectivity index (χ0) is 11.3. The van der Waals surface area contributed by atoms with E-state index >= 15 is 0 Å². The van der Waals surface area contributed by atoms with Crippen LogP contribution in [0.25, 0.3) is 0 Å². The van der Waals surface area contributed by atoms with Crippen molar-refractivity contribution in [3.63, 3.8) is 0 Å². The Kier molecular flexibility index (Phi) is 5.11. The monoisotopic (exact) mass is 286 g/mol. The molecule has 1 aliphatic rings. The van der Waals surface area contributed by atoms with Crippen LogP contribution in [0.15, 0.2) is 12.7 Å². The van der Waals surface area contributed by atoms with Gasteiger partial charge in [0.15, 0.2) is 8.32 Å². The lowest BCUT2D eigenvalue weighted by Crippen LogP contribution is -2.37. The second-order valence-electron chi connectivity index (χ2n) is 4.59. The van der Waals surface area contributed by atoms with Crippen LogP contribution in [-0.4, -0.2) is 19.4 Å². The van der Waals surface area contributed by atoms with E-state index in [1.165, 1.54) is 12.8 Å². The van der Waals surface area contributed by atoms with Gasteiger partial charge in [-0.25, -0.2) is 0 Å². The standard InChI is InChI=1S/C12H19BrOSi/c1-4-5-12(9-8-11-6-7-11)14-15(2,3)10-13/h4,11-12H,1,5-7,10H2,2-3H3. The molecule has 0 aromatic heterocycles. The summed E-state index contributed by atoms with van der Waals surface area (Å²) in [5.74, 6) is 7.16. The molecule has 0 radical (unpaired) electrons. The highest BCUT2D eigenvalue weighted by molar-refractivity contribution is 9.09. The van der Waals surface area contributed by atoms with Gasteiger partial charge in [-0.05, 0) is 25.9 Å². The topological polar surface area (TPSA) is 9.23 Å². The van der Waals surface area contributed by atoms with E-state index in [-0.39, 0.29) is 6.10 Å². The Balaban J connectivity index is 2.49. The summed E-state index contributed by atoms with van der Waals surface area (Å²) in [6.45, 7) is 8.16. The predicted octanol–water partition coefficient (Wildman–Crippen LogP) is 3.50. The van der Waals surface area contributed by atoms with Crippen molar-refractivity contribution in [2.75, 3.05) is 4.95 Å². The molecule has 1 aliphatic carbocycles. The van der Waals surface area contributed by atoms with Gasteiger partial charge >= 0.3 is 0 Å². The van der Waals surface area contributed by atoms with Crippen molar-refractivity contribution in [3.05, 3.63) is 12.7 Å². The van der Waals surface area contributed by atoms with Crippen molar-refractivity contribution in [1.29, 1.82) is 0 Å². The van der Waals surface area contributed by atoms with Gasteiger partial charge in [0.25, 0.3) is 0 Å². The van der Waals surface area contributed by atoms with Crippen LogP contribution >= 0.6 is 15.9 Å². The molecular formula is C12H19BrOSi. The minimum absolute atomic E-state index is 0.0577. The van der Waals surface area contributed by atoms with Crippen LogP contribution in [0, 0.1) is 17.8 Å². The van der Waals surface area contributed by atoms with E-state index in [1.807, 2.05) is 6.08 Å². The molecule has 3 heteroatoms. The number of hydrogen-bond donors (Lipinski definition) is 0. The van der Waals surface area contributed by atoms with Crippen molar-refractivity contribution < 1.29 is 4.43 Å². The maximum Gasteiger partial charge on any atom is 0.198 e. The number of rotatable bonds is 5. The van der Waals surface area contributed by atoms with E-state index in [1.54, 1.807) is 0 Å². The van der Waals surface area contributed by atoms with Gasteiger partial charge < -0.3 is 4.43 Å². The lowest BCUT2D eigenvalue weighted by atomic mass is 10.2. The van der Waals surface area contributed by atoms with E-state index in [9.17, 15) is 0 Å². The van der Waals surface area contributed by atoms with Gasteiger partial charge in [0.2, 0.25) is 0 Å². The first kappa shape index (κ1) is 13.0. The fourth-order valence-corrected chi connectivity index (χ4v) is 2.53. The molecule has 15 heavy (non-hydrogen) atoms. The number of alkyl halides is 1. The third-order valence-corrected chi connectivity index (χ3v) is 7.81. The Morgan fingerprint density at radius 1 is 1.60 bits per heavy atom. The van der Waals surface area contributed by atoms with Crippen molar-refractivity contribution in [3.8, 4) is 11.8 Å². The van der Waals surface area contributed by atoms with Crippen molar-refractivity contribution in [1.82, 2.24) is 0 Å². The van der Waals surface area contributed by atoms with E-state index < -0.39 is 8.32 Å². The van der Waals surface area contributed by atoms with Gasteiger partial charge in [0.1, 0.15) is 6.10 Å². The molecule has 1 atom stereocenters. The summed E-state index contributed by atoms with van der Waals surface area (Å²) >= 11 is 3.51. The van der Waals surface area contributed by atoms with Gasteiger partial charge in [0.05, 0.1) is 0 Å². The molecule has 0 aliphatic heterocycles. The first-order valence-corrected chi connectivity index (χ1v) is 9.67. The molecule has 0 saturated heterocycles. The summed E-state index contributed by atoms with van der Waals surface area (Å²) in [5.41, 5.74) is 0. The number of hydrogen-bond acceptors (Lipinski definition) is 1. The molecule has 0 amide bonds. The van der Waals surface area contributed by atoms with Crippen molar-refractivity contribution in [2.24, 2.45) is 5.92 Å². The minimum atomic E-state index is -1.56. The lowest BCUT2D eigenvalue weighted by molar-refractivity contribution is 0.254. The van der Waals surface area contributed by atoms with Crippen LogP contribution in [0.2, 0.25) is 13.1 Å². The Labute approximate surface area is 103 Å². The molecule has 0 heterocycles. The molecular weight excluding hydrogens is 268 g/mol. The largest absolute Gasteiger partial charge is 0.403 e. The summed E-state index contributed by atoms with van der Waals surface area (Å²) < 4.78 is 6.05. The van der Waals surface area contributed by atoms with Crippen LogP contribution < -0.4 is 0 Å². The van der Waals surface area contributed by atoms with Gasteiger partial charge in [-0.3, -0.25) is 0 Å². The van der Waals surface area contributed by atoms with Crippen LogP contribution in [0.5, 0.6) is 0 Å². The van der Waals surface area contributed by atoms with Gasteiger partial charge in [0, 0.05) is 17.3 Å². The fraction of sp³-hybridized carbons (Fsp3) is 0.667. The lowest BCUT2D eigenvalue weighted by Gasteiger charge is -2.24. The average Bonchev–Trinajstić information content (AvgIpc) is 2.98. The van der Waals surface area contributed by atoms with Crippen LogP contribution in [0.1, 0.15) is 19.3 Å². The minimum Gasteiger partial charge on any atom is -0.403 e. The molecule has 0 N–H and O–H groups in total. The van der Waals surface area contributed by atoms with E-state index in [0.717, 1.165) is 11.4 Å². The highest BCUT2D eigenvalue weighted by atomic mass is 79.9. The quantitative estimate of drug-likeness (QED) is 0.325. The molecule has 1 rings (SSSR count). The van der Waals surface area contributed by atoms with E-state index in [2.05, 4.69) is 47.4 Å². The highest BCUT2D eigenvalue weighted by Crippen LogP contribution is 2.27. The van der Waals surface area contributed by atoms with Gasteiger partial charge in [-0.1, -0.05) is 33.8 Å². The summed E-state index contributed by atoms with van der Waals surface area (Å²) in [7, 11) is -1.56. The van der Waals surface area contributed by atoms with Crippen LogP contribution in [0.3, 0.4) is 0 Å². The second-order valence-corrected chi connectivity index (χ2v) is 10.3. The predicted molar refractivity (Wildman–Crippen MR) is 71.5 cm³/mol. The van der Waals surface area contributed by atoms with Crippen LogP contribution in [-0.2, 0) is 4.43 Å². The SMILES string of the molecule is C=CCC(C#CC1CC1)O[Si](C)(C)CBr. The first-order valence-electron chi connectivity index (χ1n) is 5.43. The molecule has 0 aromatic rings. The summed E-state index contributed by atoms with van der Waals surface area (Å²) in [6.07, 6.45) is 5.33. The maximum atomic E-state index is 6.05. The summed E-state index contributed by atoms with van der Waals surface area (Å²) in [4.78, 5) is 0.957. The second kappa shape index (κ2) is 5.88.